The van der Waals surface area contributed by atoms with Crippen molar-refractivity contribution in [3.05, 3.63) is 48.2 Å². The largest absolute Gasteiger partial charge is 0.507 e. The number of para-hydroxylation sites is 1. The molecule has 0 bridgehead atoms. The van der Waals surface area contributed by atoms with Gasteiger partial charge in [-0.25, -0.2) is 4.39 Å². The summed E-state index contributed by atoms with van der Waals surface area (Å²) >= 11 is 0. The predicted molar refractivity (Wildman–Crippen MR) is 60.1 cm³/mol. The van der Waals surface area contributed by atoms with Crippen LogP contribution in [0.3, 0.4) is 0 Å². The highest BCUT2D eigenvalue weighted by Crippen LogP contribution is 2.37. The van der Waals surface area contributed by atoms with Crippen LogP contribution < -0.4 is 4.74 Å². The Morgan fingerprint density at radius 3 is 2.81 bits per heavy atom. The quantitative estimate of drug-likeness (QED) is 0.845. The Morgan fingerprint density at radius 1 is 1.31 bits per heavy atom. The van der Waals surface area contributed by atoms with Gasteiger partial charge in [-0.15, -0.1) is 0 Å². The number of halogens is 1. The van der Waals surface area contributed by atoms with E-state index in [-0.39, 0.29) is 16.9 Å². The third kappa shape index (κ3) is 1.72. The lowest BCUT2D eigenvalue weighted by molar-refractivity contribution is 0.412. The number of aromatic hydroxyl groups is 1. The molecule has 1 N–H and O–H groups in total. The molecule has 2 aromatic carbocycles. The van der Waals surface area contributed by atoms with E-state index in [9.17, 15) is 9.50 Å². The summed E-state index contributed by atoms with van der Waals surface area (Å²) < 4.78 is 49.4. The molecule has 0 radical (unpaired) electrons. The maximum absolute atomic E-state index is 14.0. The van der Waals surface area contributed by atoms with Crippen LogP contribution in [0.2, 0.25) is 0 Å². The zero-order valence-corrected chi connectivity index (χ0v) is 8.47. The summed E-state index contributed by atoms with van der Waals surface area (Å²) in [5.41, 5.74) is -0.509. The Morgan fingerprint density at radius 2 is 2.06 bits per heavy atom. The highest BCUT2D eigenvalue weighted by Gasteiger charge is 2.13. The van der Waals surface area contributed by atoms with Gasteiger partial charge in [-0.2, -0.15) is 0 Å². The smallest absolute Gasteiger partial charge is 0.134 e. The summed E-state index contributed by atoms with van der Waals surface area (Å²) in [6, 6.07) is 1.70. The fourth-order valence-electron chi connectivity index (χ4n) is 1.40. The van der Waals surface area contributed by atoms with E-state index in [1.165, 1.54) is 19.2 Å². The first kappa shape index (κ1) is 6.53. The molecule has 2 aromatic rings. The molecule has 0 aliphatic rings. The van der Waals surface area contributed by atoms with Crippen molar-refractivity contribution in [1.29, 1.82) is 0 Å². The van der Waals surface area contributed by atoms with Gasteiger partial charge in [-0.3, -0.25) is 0 Å². The first-order chi connectivity index (χ1) is 9.40. The summed E-state index contributed by atoms with van der Waals surface area (Å²) in [5, 5.41) is 9.95. The number of methoxy groups -OCH3 is 1. The third-order valence-electron chi connectivity index (χ3n) is 2.11. The van der Waals surface area contributed by atoms with Gasteiger partial charge in [0.15, 0.2) is 0 Å². The molecule has 0 saturated carbocycles. The predicted octanol–water partition coefficient (Wildman–Crippen LogP) is 3.21. The SMILES string of the molecule is [2H]c1c([2H])c([2H])c(-c2c(F)cccc2OC)c(O)c1[2H]. The Labute approximate surface area is 98.5 Å². The lowest BCUT2D eigenvalue weighted by atomic mass is 10.0. The average molecular weight is 222 g/mol. The van der Waals surface area contributed by atoms with Crippen LogP contribution in [0.15, 0.2) is 42.4 Å². The molecule has 0 amide bonds. The molecule has 2 rings (SSSR count). The second-order valence-electron chi connectivity index (χ2n) is 3.04. The molecule has 0 fully saturated rings. The average Bonchev–Trinajstić information content (AvgIpc) is 2.44. The minimum atomic E-state index is -0.746. The summed E-state index contributed by atoms with van der Waals surface area (Å²) in [5.74, 6) is -1.38. The van der Waals surface area contributed by atoms with E-state index in [1.807, 2.05) is 0 Å². The maximum atomic E-state index is 14.0. The van der Waals surface area contributed by atoms with Crippen molar-refractivity contribution in [2.75, 3.05) is 7.11 Å². The molecule has 0 unspecified atom stereocenters. The number of rotatable bonds is 2. The first-order valence-electron chi connectivity index (χ1n) is 6.52. The van der Waals surface area contributed by atoms with Crippen LogP contribution in [0.1, 0.15) is 5.48 Å². The minimum Gasteiger partial charge on any atom is -0.507 e. The molecule has 16 heavy (non-hydrogen) atoms. The van der Waals surface area contributed by atoms with Crippen molar-refractivity contribution < 1.29 is 19.7 Å². The van der Waals surface area contributed by atoms with Crippen LogP contribution in [0, 0.1) is 5.82 Å². The highest BCUT2D eigenvalue weighted by atomic mass is 19.1. The van der Waals surface area contributed by atoms with Crippen molar-refractivity contribution >= 4 is 0 Å². The Kier molecular flexibility index (Phi) is 1.72. The molecule has 0 atom stereocenters. The van der Waals surface area contributed by atoms with Crippen molar-refractivity contribution in [2.24, 2.45) is 0 Å². The molecule has 0 aromatic heterocycles. The van der Waals surface area contributed by atoms with Crippen LogP contribution in [0.25, 0.3) is 11.1 Å². The van der Waals surface area contributed by atoms with Gasteiger partial charge < -0.3 is 9.84 Å². The standard InChI is InChI=1S/C13H11FO2/c1-16-12-8-4-6-10(14)13(12)9-5-2-3-7-11(9)15/h2-8,15H,1H3/i2D,3D,5D,7D. The van der Waals surface area contributed by atoms with Gasteiger partial charge in [0.2, 0.25) is 0 Å². The monoisotopic (exact) mass is 222 g/mol. The molecule has 0 spiro atoms. The summed E-state index contributed by atoms with van der Waals surface area (Å²) in [4.78, 5) is 0. The fraction of sp³-hybridized carbons (Fsp3) is 0.0769. The highest BCUT2D eigenvalue weighted by molar-refractivity contribution is 5.75. The van der Waals surface area contributed by atoms with Crippen molar-refractivity contribution in [3.63, 3.8) is 0 Å². The van der Waals surface area contributed by atoms with Crippen molar-refractivity contribution in [1.82, 2.24) is 0 Å². The summed E-state index contributed by atoms with van der Waals surface area (Å²) in [6.45, 7) is 0. The summed E-state index contributed by atoms with van der Waals surface area (Å²) in [7, 11) is 1.31. The van der Waals surface area contributed by atoms with Gasteiger partial charge in [0, 0.05) is 5.56 Å². The molecule has 0 aliphatic carbocycles. The van der Waals surface area contributed by atoms with E-state index in [1.54, 1.807) is 0 Å². The third-order valence-corrected chi connectivity index (χ3v) is 2.11. The van der Waals surface area contributed by atoms with Gasteiger partial charge in [0.1, 0.15) is 17.3 Å². The second kappa shape index (κ2) is 4.23. The Hall–Kier alpha value is -2.03. The summed E-state index contributed by atoms with van der Waals surface area (Å²) in [6.07, 6.45) is 0. The first-order valence-corrected chi connectivity index (χ1v) is 4.52. The van der Waals surface area contributed by atoms with Crippen LogP contribution in [-0.4, -0.2) is 12.2 Å². The van der Waals surface area contributed by atoms with E-state index in [0.29, 0.717) is 0 Å². The van der Waals surface area contributed by atoms with Gasteiger partial charge in [0.25, 0.3) is 0 Å². The van der Waals surface area contributed by atoms with E-state index >= 15 is 0 Å². The zero-order valence-electron chi connectivity index (χ0n) is 12.5. The lowest BCUT2D eigenvalue weighted by Gasteiger charge is -2.10. The second-order valence-corrected chi connectivity index (χ2v) is 3.04. The van der Waals surface area contributed by atoms with Crippen molar-refractivity contribution in [3.8, 4) is 22.6 Å². The van der Waals surface area contributed by atoms with Crippen molar-refractivity contribution in [2.45, 2.75) is 0 Å². The fourth-order valence-corrected chi connectivity index (χ4v) is 1.40. The molecule has 0 saturated heterocycles. The van der Waals surface area contributed by atoms with Crippen LogP contribution >= 0.6 is 0 Å². The van der Waals surface area contributed by atoms with Gasteiger partial charge in [0.05, 0.1) is 18.2 Å². The maximum Gasteiger partial charge on any atom is 0.134 e. The van der Waals surface area contributed by atoms with Crippen LogP contribution in [-0.2, 0) is 0 Å². The lowest BCUT2D eigenvalue weighted by Crippen LogP contribution is -1.91. The molecule has 3 heteroatoms. The molecular formula is C13H11FO2. The van der Waals surface area contributed by atoms with E-state index < -0.39 is 35.7 Å². The zero-order chi connectivity index (χ0) is 15.0. The molecule has 2 nitrogen and oxygen atoms in total. The Bertz CT molecular complexity index is 660. The minimum absolute atomic E-state index is 0.0744. The molecule has 82 valence electrons. The number of benzene rings is 2. The van der Waals surface area contributed by atoms with E-state index in [0.717, 1.165) is 6.07 Å². The number of hydrogen-bond acceptors (Lipinski definition) is 2. The van der Waals surface area contributed by atoms with E-state index in [2.05, 4.69) is 0 Å². The van der Waals surface area contributed by atoms with E-state index in [4.69, 9.17) is 10.2 Å². The molecule has 0 aliphatic heterocycles. The van der Waals surface area contributed by atoms with Gasteiger partial charge in [-0.1, -0.05) is 24.2 Å². The topological polar surface area (TPSA) is 29.5 Å². The van der Waals surface area contributed by atoms with Crippen LogP contribution in [0.4, 0.5) is 4.39 Å². The number of phenolic OH excluding ortho intramolecular Hbond substituents is 1. The van der Waals surface area contributed by atoms with Gasteiger partial charge >= 0.3 is 0 Å². The Balaban J connectivity index is 2.91. The number of phenols is 1. The number of ether oxygens (including phenoxy) is 1. The molecule has 0 heterocycles. The molecular weight excluding hydrogens is 207 g/mol. The normalized spacial score (nSPS) is 13.6. The van der Waals surface area contributed by atoms with Crippen LogP contribution in [0.5, 0.6) is 11.5 Å². The number of hydrogen-bond donors (Lipinski definition) is 1. The van der Waals surface area contributed by atoms with Gasteiger partial charge in [-0.05, 0) is 18.2 Å².